The smallest absolute Gasteiger partial charge is 0.228 e. The van der Waals surface area contributed by atoms with E-state index in [1.807, 2.05) is 13.8 Å². The molecule has 1 fully saturated rings. The highest BCUT2D eigenvalue weighted by Gasteiger charge is 2.60. The summed E-state index contributed by atoms with van der Waals surface area (Å²) in [4.78, 5) is 12.1. The van der Waals surface area contributed by atoms with E-state index in [1.54, 1.807) is 6.08 Å². The van der Waals surface area contributed by atoms with Crippen LogP contribution < -0.4 is 5.32 Å². The van der Waals surface area contributed by atoms with E-state index in [4.69, 9.17) is 23.2 Å². The molecule has 2 nitrogen and oxygen atoms in total. The van der Waals surface area contributed by atoms with Gasteiger partial charge in [0.05, 0.1) is 5.92 Å². The van der Waals surface area contributed by atoms with Crippen LogP contribution in [0, 0.1) is 34.7 Å². The summed E-state index contributed by atoms with van der Waals surface area (Å²) >= 11 is 11.2. The molecule has 1 amide bonds. The fourth-order valence-corrected chi connectivity index (χ4v) is 2.74. The van der Waals surface area contributed by atoms with E-state index in [1.165, 1.54) is 0 Å². The van der Waals surface area contributed by atoms with Crippen LogP contribution in [0.25, 0.3) is 0 Å². The van der Waals surface area contributed by atoms with Gasteiger partial charge in [-0.2, -0.15) is 0 Å². The quantitative estimate of drug-likeness (QED) is 0.800. The number of allylic oxidation sites excluding steroid dienone is 1. The highest BCUT2D eigenvalue weighted by Crippen LogP contribution is 2.60. The molecule has 0 spiro atoms. The first kappa shape index (κ1) is 16.2. The first-order valence-corrected chi connectivity index (χ1v) is 6.88. The molecule has 114 valence electrons. The summed E-state index contributed by atoms with van der Waals surface area (Å²) in [5.41, 5.74) is -0.505. The molecule has 1 aromatic rings. The zero-order valence-corrected chi connectivity index (χ0v) is 12.7. The van der Waals surface area contributed by atoms with Gasteiger partial charge in [0.1, 0.15) is 4.49 Å². The predicted molar refractivity (Wildman–Crippen MR) is 75.5 cm³/mol. The standard InChI is InChI=1S/C14H12Cl2F3NO/c1-14(2)7(5-10(15)16)11(14)13(21)20-6-3-8(17)12(19)9(18)4-6/h3-5,7,11H,1-2H3,(H,20,21)/t7-,11+/m1/s1. The van der Waals surface area contributed by atoms with E-state index in [0.29, 0.717) is 0 Å². The highest BCUT2D eigenvalue weighted by molar-refractivity contribution is 6.55. The van der Waals surface area contributed by atoms with Crippen molar-refractivity contribution in [2.75, 3.05) is 5.32 Å². The van der Waals surface area contributed by atoms with E-state index in [2.05, 4.69) is 5.32 Å². The topological polar surface area (TPSA) is 29.1 Å². The lowest BCUT2D eigenvalue weighted by Crippen LogP contribution is -2.17. The second kappa shape index (κ2) is 5.54. The molecule has 7 heteroatoms. The zero-order valence-electron chi connectivity index (χ0n) is 11.2. The Kier molecular flexibility index (Phi) is 4.26. The van der Waals surface area contributed by atoms with Crippen molar-refractivity contribution in [2.24, 2.45) is 17.3 Å². The highest BCUT2D eigenvalue weighted by atomic mass is 35.5. The lowest BCUT2D eigenvalue weighted by molar-refractivity contribution is -0.118. The van der Waals surface area contributed by atoms with Crippen LogP contribution in [0.15, 0.2) is 22.7 Å². The zero-order chi connectivity index (χ0) is 15.9. The van der Waals surface area contributed by atoms with Gasteiger partial charge in [0.15, 0.2) is 17.5 Å². The van der Waals surface area contributed by atoms with Gasteiger partial charge in [-0.1, -0.05) is 37.0 Å². The minimum atomic E-state index is -1.57. The Morgan fingerprint density at radius 3 is 2.24 bits per heavy atom. The molecule has 1 aliphatic carbocycles. The number of benzene rings is 1. The number of carbonyl (C=O) groups excluding carboxylic acids is 1. The van der Waals surface area contributed by atoms with Gasteiger partial charge >= 0.3 is 0 Å². The Balaban J connectivity index is 2.15. The van der Waals surface area contributed by atoms with Gasteiger partial charge in [-0.25, -0.2) is 13.2 Å². The van der Waals surface area contributed by atoms with Crippen molar-refractivity contribution in [3.8, 4) is 0 Å². The Hall–Kier alpha value is -1.20. The number of anilines is 1. The number of nitrogens with one attached hydrogen (secondary N) is 1. The third kappa shape index (κ3) is 3.19. The SMILES string of the molecule is CC1(C)[C@H](C=C(Cl)Cl)[C@H]1C(=O)Nc1cc(F)c(F)c(F)c1. The summed E-state index contributed by atoms with van der Waals surface area (Å²) < 4.78 is 39.1. The molecule has 0 aliphatic heterocycles. The molecule has 1 aromatic carbocycles. The van der Waals surface area contributed by atoms with Crippen molar-refractivity contribution >= 4 is 34.8 Å². The number of halogens is 5. The predicted octanol–water partition coefficient (Wildman–Crippen LogP) is 4.63. The molecule has 1 aliphatic rings. The van der Waals surface area contributed by atoms with Gasteiger partial charge < -0.3 is 5.32 Å². The fourth-order valence-electron chi connectivity index (χ4n) is 2.47. The second-order valence-electron chi connectivity index (χ2n) is 5.52. The summed E-state index contributed by atoms with van der Waals surface area (Å²) in [6, 6.07) is 1.45. The van der Waals surface area contributed by atoms with Crippen molar-refractivity contribution < 1.29 is 18.0 Å². The molecule has 2 atom stereocenters. The van der Waals surface area contributed by atoms with Gasteiger partial charge in [0.25, 0.3) is 0 Å². The average molecular weight is 338 g/mol. The van der Waals surface area contributed by atoms with Crippen molar-refractivity contribution in [3.63, 3.8) is 0 Å². The number of carbonyl (C=O) groups is 1. The van der Waals surface area contributed by atoms with E-state index >= 15 is 0 Å². The van der Waals surface area contributed by atoms with Crippen LogP contribution in [0.2, 0.25) is 0 Å². The molecule has 1 N–H and O–H groups in total. The summed E-state index contributed by atoms with van der Waals surface area (Å²) in [7, 11) is 0. The van der Waals surface area contributed by atoms with Gasteiger partial charge in [0, 0.05) is 17.8 Å². The maximum absolute atomic E-state index is 13.1. The van der Waals surface area contributed by atoms with E-state index in [9.17, 15) is 18.0 Å². The number of hydrogen-bond donors (Lipinski definition) is 1. The van der Waals surface area contributed by atoms with Crippen LogP contribution in [0.1, 0.15) is 13.8 Å². The lowest BCUT2D eigenvalue weighted by atomic mass is 10.1. The van der Waals surface area contributed by atoms with Crippen molar-refractivity contribution in [1.29, 1.82) is 0 Å². The van der Waals surface area contributed by atoms with Crippen LogP contribution in [0.4, 0.5) is 18.9 Å². The Morgan fingerprint density at radius 1 is 1.24 bits per heavy atom. The van der Waals surface area contributed by atoms with Crippen LogP contribution in [0.5, 0.6) is 0 Å². The Bertz CT molecular complexity index is 604. The maximum Gasteiger partial charge on any atom is 0.228 e. The molecule has 0 aromatic heterocycles. The van der Waals surface area contributed by atoms with Crippen molar-refractivity contribution in [1.82, 2.24) is 0 Å². The van der Waals surface area contributed by atoms with Crippen molar-refractivity contribution in [3.05, 3.63) is 40.2 Å². The summed E-state index contributed by atoms with van der Waals surface area (Å²) in [6.07, 6.45) is 1.55. The van der Waals surface area contributed by atoms with Gasteiger partial charge in [-0.15, -0.1) is 0 Å². The normalized spacial score (nSPS) is 22.6. The molecule has 21 heavy (non-hydrogen) atoms. The van der Waals surface area contributed by atoms with Crippen LogP contribution in [0.3, 0.4) is 0 Å². The first-order chi connectivity index (χ1) is 9.64. The molecule has 0 unspecified atom stereocenters. The van der Waals surface area contributed by atoms with Crippen LogP contribution in [-0.4, -0.2) is 5.91 Å². The number of rotatable bonds is 3. The molecular formula is C14H12Cl2F3NO. The van der Waals surface area contributed by atoms with Gasteiger partial charge in [-0.3, -0.25) is 4.79 Å². The Labute approximate surface area is 129 Å². The molecular weight excluding hydrogens is 326 g/mol. The van der Waals surface area contributed by atoms with E-state index in [-0.39, 0.29) is 21.5 Å². The Morgan fingerprint density at radius 2 is 1.76 bits per heavy atom. The average Bonchev–Trinajstić information content (AvgIpc) is 2.86. The minimum absolute atomic E-state index is 0.0576. The second-order valence-corrected chi connectivity index (χ2v) is 6.53. The third-order valence-electron chi connectivity index (χ3n) is 3.75. The molecule has 0 radical (unpaired) electrons. The maximum atomic E-state index is 13.1. The number of hydrogen-bond acceptors (Lipinski definition) is 1. The van der Waals surface area contributed by atoms with Crippen LogP contribution >= 0.6 is 23.2 Å². The summed E-state index contributed by atoms with van der Waals surface area (Å²) in [5.74, 6) is -5.32. The molecule has 0 heterocycles. The van der Waals surface area contributed by atoms with Gasteiger partial charge in [-0.05, 0) is 17.4 Å². The lowest BCUT2D eigenvalue weighted by Gasteiger charge is -2.07. The van der Waals surface area contributed by atoms with Crippen molar-refractivity contribution in [2.45, 2.75) is 13.8 Å². The number of amides is 1. The third-order valence-corrected chi connectivity index (χ3v) is 4.00. The molecule has 2 rings (SSSR count). The molecule has 1 saturated carbocycles. The van der Waals surface area contributed by atoms with E-state index in [0.717, 1.165) is 12.1 Å². The minimum Gasteiger partial charge on any atom is -0.326 e. The molecule has 0 bridgehead atoms. The first-order valence-electron chi connectivity index (χ1n) is 6.13. The van der Waals surface area contributed by atoms with E-state index < -0.39 is 29.3 Å². The fraction of sp³-hybridized carbons (Fsp3) is 0.357. The van der Waals surface area contributed by atoms with Gasteiger partial charge in [0.2, 0.25) is 5.91 Å². The molecule has 0 saturated heterocycles. The van der Waals surface area contributed by atoms with Crippen LogP contribution in [-0.2, 0) is 4.79 Å². The summed E-state index contributed by atoms with van der Waals surface area (Å²) in [6.45, 7) is 3.70. The summed E-state index contributed by atoms with van der Waals surface area (Å²) in [5, 5.41) is 2.37. The largest absolute Gasteiger partial charge is 0.326 e. The monoisotopic (exact) mass is 337 g/mol.